The highest BCUT2D eigenvalue weighted by Gasteiger charge is 2.52. The zero-order valence-electron chi connectivity index (χ0n) is 13.4. The lowest BCUT2D eigenvalue weighted by Gasteiger charge is -2.27. The van der Waals surface area contributed by atoms with Gasteiger partial charge in [0.2, 0.25) is 5.91 Å². The van der Waals surface area contributed by atoms with Gasteiger partial charge in [-0.3, -0.25) is 4.79 Å². The maximum absolute atomic E-state index is 13.0. The third-order valence-electron chi connectivity index (χ3n) is 5.72. The van der Waals surface area contributed by atoms with Crippen molar-refractivity contribution < 1.29 is 9.53 Å². The van der Waals surface area contributed by atoms with E-state index in [-0.39, 0.29) is 11.8 Å². The minimum atomic E-state index is -0.289. The van der Waals surface area contributed by atoms with E-state index in [1.165, 1.54) is 0 Å². The summed E-state index contributed by atoms with van der Waals surface area (Å²) in [7, 11) is 0. The summed E-state index contributed by atoms with van der Waals surface area (Å²) in [6.45, 7) is 3.00. The molecule has 2 aromatic carbocycles. The van der Waals surface area contributed by atoms with Gasteiger partial charge >= 0.3 is 0 Å². The molecule has 2 fully saturated rings. The Hall–Kier alpha value is -2.33. The van der Waals surface area contributed by atoms with Crippen LogP contribution in [0.15, 0.2) is 48.5 Å². The van der Waals surface area contributed by atoms with Gasteiger partial charge in [0.25, 0.3) is 0 Å². The lowest BCUT2D eigenvalue weighted by atomic mass is 9.87. The van der Waals surface area contributed by atoms with Crippen LogP contribution < -0.4 is 15.4 Å². The number of fused-ring (bicyclic) bond motifs is 3. The summed E-state index contributed by atoms with van der Waals surface area (Å²) in [6.07, 6.45) is 0. The Labute approximate surface area is 141 Å². The van der Waals surface area contributed by atoms with Crippen molar-refractivity contribution in [2.45, 2.75) is 5.92 Å². The van der Waals surface area contributed by atoms with E-state index in [0.29, 0.717) is 5.92 Å². The standard InChI is InChI=1S/C20H20N2O2/c23-20(22-11-16-14-9-21-10-15(14)16)19-12-5-1-3-7-17(12)24-18-8-4-2-6-13(18)19/h1-8,14-16,19,21H,9-11H2,(H,22,23)/t14-,15?,16?/m0/s1. The Kier molecular flexibility index (Phi) is 3.13. The number of nitrogens with one attached hydrogen (secondary N) is 2. The van der Waals surface area contributed by atoms with Crippen LogP contribution in [0.2, 0.25) is 0 Å². The van der Waals surface area contributed by atoms with Crippen LogP contribution in [0.1, 0.15) is 17.0 Å². The molecule has 3 aliphatic rings. The van der Waals surface area contributed by atoms with Crippen LogP contribution in [0.4, 0.5) is 0 Å². The predicted octanol–water partition coefficient (Wildman–Crippen LogP) is 2.51. The summed E-state index contributed by atoms with van der Waals surface area (Å²) in [5.41, 5.74) is 1.90. The number of carbonyl (C=O) groups excluding carboxylic acids is 1. The SMILES string of the molecule is O=C(NCC1C2CNC[C@@H]21)C1c2ccccc2Oc2ccccc21. The predicted molar refractivity (Wildman–Crippen MR) is 91.2 cm³/mol. The first-order valence-electron chi connectivity index (χ1n) is 8.67. The average molecular weight is 320 g/mol. The molecule has 1 aliphatic carbocycles. The average Bonchev–Trinajstić information content (AvgIpc) is 3.04. The molecule has 1 saturated carbocycles. The van der Waals surface area contributed by atoms with Gasteiger partial charge in [-0.1, -0.05) is 36.4 Å². The van der Waals surface area contributed by atoms with Gasteiger partial charge in [-0.05, 0) is 43.0 Å². The Balaban J connectivity index is 1.41. The van der Waals surface area contributed by atoms with Crippen LogP contribution in [0, 0.1) is 17.8 Å². The monoisotopic (exact) mass is 320 g/mol. The molecule has 1 saturated heterocycles. The molecule has 2 aromatic rings. The fourth-order valence-electron chi connectivity index (χ4n) is 4.36. The maximum atomic E-state index is 13.0. The van der Waals surface area contributed by atoms with Crippen molar-refractivity contribution in [2.75, 3.05) is 19.6 Å². The van der Waals surface area contributed by atoms with Crippen molar-refractivity contribution in [1.82, 2.24) is 10.6 Å². The van der Waals surface area contributed by atoms with Crippen LogP contribution in [0.5, 0.6) is 11.5 Å². The van der Waals surface area contributed by atoms with E-state index in [4.69, 9.17) is 4.74 Å². The molecule has 3 atom stereocenters. The highest BCUT2D eigenvalue weighted by atomic mass is 16.5. The topological polar surface area (TPSA) is 50.4 Å². The second-order valence-electron chi connectivity index (χ2n) is 7.01. The number of hydrogen-bond acceptors (Lipinski definition) is 3. The first-order chi connectivity index (χ1) is 11.8. The second-order valence-corrected chi connectivity index (χ2v) is 7.01. The molecular weight excluding hydrogens is 300 g/mol. The summed E-state index contributed by atoms with van der Waals surface area (Å²) in [6, 6.07) is 15.7. The number of carbonyl (C=O) groups is 1. The van der Waals surface area contributed by atoms with E-state index in [1.54, 1.807) is 0 Å². The number of benzene rings is 2. The van der Waals surface area contributed by atoms with Crippen molar-refractivity contribution >= 4 is 5.91 Å². The lowest BCUT2D eigenvalue weighted by Crippen LogP contribution is -2.34. The molecule has 2 N–H and O–H groups in total. The fraction of sp³-hybridized carbons (Fsp3) is 0.350. The number of rotatable bonds is 3. The Morgan fingerprint density at radius 2 is 1.58 bits per heavy atom. The van der Waals surface area contributed by atoms with E-state index in [0.717, 1.165) is 54.1 Å². The first-order valence-corrected chi connectivity index (χ1v) is 8.67. The van der Waals surface area contributed by atoms with Crippen molar-refractivity contribution in [3.8, 4) is 11.5 Å². The number of ether oxygens (including phenoxy) is 1. The third kappa shape index (κ3) is 2.13. The van der Waals surface area contributed by atoms with Crippen LogP contribution in [0.3, 0.4) is 0 Å². The van der Waals surface area contributed by atoms with Gasteiger partial charge in [0.05, 0.1) is 5.92 Å². The largest absolute Gasteiger partial charge is 0.457 e. The smallest absolute Gasteiger partial charge is 0.232 e. The zero-order valence-corrected chi connectivity index (χ0v) is 13.4. The molecule has 2 aliphatic heterocycles. The van der Waals surface area contributed by atoms with Gasteiger partial charge in [-0.15, -0.1) is 0 Å². The van der Waals surface area contributed by atoms with Crippen molar-refractivity contribution in [3.05, 3.63) is 59.7 Å². The Bertz CT molecular complexity index is 748. The number of hydrogen-bond donors (Lipinski definition) is 2. The molecule has 0 bridgehead atoms. The number of piperidine rings is 1. The molecule has 2 heterocycles. The normalized spacial score (nSPS) is 26.8. The summed E-state index contributed by atoms with van der Waals surface area (Å²) >= 11 is 0. The van der Waals surface area contributed by atoms with Gasteiger partial charge in [-0.2, -0.15) is 0 Å². The molecule has 2 unspecified atom stereocenters. The van der Waals surface area contributed by atoms with Gasteiger partial charge in [0.1, 0.15) is 11.5 Å². The van der Waals surface area contributed by atoms with Crippen molar-refractivity contribution in [1.29, 1.82) is 0 Å². The van der Waals surface area contributed by atoms with Gasteiger partial charge in [0.15, 0.2) is 0 Å². The summed E-state index contributed by atoms with van der Waals surface area (Å²) in [5, 5.41) is 6.60. The number of amides is 1. The molecule has 0 spiro atoms. The van der Waals surface area contributed by atoms with E-state index in [2.05, 4.69) is 10.6 Å². The minimum absolute atomic E-state index is 0.0798. The van der Waals surface area contributed by atoms with Crippen LogP contribution in [-0.2, 0) is 4.79 Å². The van der Waals surface area contributed by atoms with Gasteiger partial charge < -0.3 is 15.4 Å². The van der Waals surface area contributed by atoms with E-state index >= 15 is 0 Å². The summed E-state index contributed by atoms with van der Waals surface area (Å²) in [5.74, 6) is 3.53. The lowest BCUT2D eigenvalue weighted by molar-refractivity contribution is -0.121. The van der Waals surface area contributed by atoms with Crippen molar-refractivity contribution in [2.24, 2.45) is 17.8 Å². The molecule has 24 heavy (non-hydrogen) atoms. The first kappa shape index (κ1) is 14.1. The minimum Gasteiger partial charge on any atom is -0.457 e. The van der Waals surface area contributed by atoms with E-state index < -0.39 is 0 Å². The quantitative estimate of drug-likeness (QED) is 0.913. The van der Waals surface area contributed by atoms with Crippen LogP contribution >= 0.6 is 0 Å². The molecule has 122 valence electrons. The summed E-state index contributed by atoms with van der Waals surface area (Å²) < 4.78 is 5.97. The van der Waals surface area contributed by atoms with Gasteiger partial charge in [0, 0.05) is 17.7 Å². The fourth-order valence-corrected chi connectivity index (χ4v) is 4.36. The zero-order chi connectivity index (χ0) is 16.1. The molecule has 0 radical (unpaired) electrons. The van der Waals surface area contributed by atoms with Crippen molar-refractivity contribution in [3.63, 3.8) is 0 Å². The Morgan fingerprint density at radius 1 is 1.00 bits per heavy atom. The Morgan fingerprint density at radius 3 is 2.21 bits per heavy atom. The van der Waals surface area contributed by atoms with Crippen LogP contribution in [-0.4, -0.2) is 25.5 Å². The highest BCUT2D eigenvalue weighted by Crippen LogP contribution is 2.48. The van der Waals surface area contributed by atoms with Crippen LogP contribution in [0.25, 0.3) is 0 Å². The van der Waals surface area contributed by atoms with E-state index in [9.17, 15) is 4.79 Å². The third-order valence-corrected chi connectivity index (χ3v) is 5.72. The van der Waals surface area contributed by atoms with E-state index in [1.807, 2.05) is 48.5 Å². The highest BCUT2D eigenvalue weighted by molar-refractivity contribution is 5.89. The summed E-state index contributed by atoms with van der Waals surface area (Å²) in [4.78, 5) is 13.0. The maximum Gasteiger partial charge on any atom is 0.232 e. The molecule has 4 heteroatoms. The number of para-hydroxylation sites is 2. The molecule has 1 amide bonds. The molecular formula is C20H20N2O2. The second kappa shape index (κ2) is 5.35. The molecule has 0 aromatic heterocycles. The molecule has 5 rings (SSSR count). The van der Waals surface area contributed by atoms with Gasteiger partial charge in [-0.25, -0.2) is 0 Å². The molecule has 4 nitrogen and oxygen atoms in total.